The molecule has 0 aliphatic heterocycles. The summed E-state index contributed by atoms with van der Waals surface area (Å²) in [6.07, 6.45) is 1.33. The van der Waals surface area contributed by atoms with Gasteiger partial charge in [-0.05, 0) is 24.6 Å². The number of aryl methyl sites for hydroxylation is 1. The number of nitrogens with zero attached hydrogens (tertiary/aromatic N) is 2. The van der Waals surface area contributed by atoms with Crippen LogP contribution in [0.3, 0.4) is 0 Å². The highest BCUT2D eigenvalue weighted by Crippen LogP contribution is 2.17. The average molecular weight is 259 g/mol. The zero-order chi connectivity index (χ0) is 13.8. The first-order valence-corrected chi connectivity index (χ1v) is 5.61. The Hall–Kier alpha value is -2.70. The molecule has 0 atom stereocenters. The van der Waals surface area contributed by atoms with Gasteiger partial charge >= 0.3 is 0 Å². The van der Waals surface area contributed by atoms with Crippen LogP contribution in [0.5, 0.6) is 0 Å². The Bertz CT molecular complexity index is 607. The first-order chi connectivity index (χ1) is 9.11. The van der Waals surface area contributed by atoms with Crippen molar-refractivity contribution >= 4 is 17.5 Å². The summed E-state index contributed by atoms with van der Waals surface area (Å²) in [7, 11) is 1.55. The van der Waals surface area contributed by atoms with Crippen LogP contribution in [0, 0.1) is 6.92 Å². The van der Waals surface area contributed by atoms with Gasteiger partial charge in [-0.15, -0.1) is 0 Å². The van der Waals surface area contributed by atoms with Gasteiger partial charge < -0.3 is 10.6 Å². The molecule has 0 saturated carbocycles. The predicted octanol–water partition coefficient (Wildman–Crippen LogP) is 0.725. The average Bonchev–Trinajstić information content (AvgIpc) is 2.94. The summed E-state index contributed by atoms with van der Waals surface area (Å²) in [5, 5.41) is 14.8. The largest absolute Gasteiger partial charge is 0.355 e. The molecule has 7 nitrogen and oxygen atoms in total. The van der Waals surface area contributed by atoms with Gasteiger partial charge in [0.15, 0.2) is 5.69 Å². The molecule has 0 aliphatic rings. The minimum Gasteiger partial charge on any atom is -0.355 e. The zero-order valence-corrected chi connectivity index (χ0v) is 10.5. The molecular weight excluding hydrogens is 246 g/mol. The van der Waals surface area contributed by atoms with E-state index < -0.39 is 0 Å². The minimum atomic E-state index is -0.383. The summed E-state index contributed by atoms with van der Waals surface area (Å²) in [5.41, 5.74) is 2.08. The maximum absolute atomic E-state index is 11.8. The van der Waals surface area contributed by atoms with Crippen molar-refractivity contribution in [1.82, 2.24) is 20.7 Å². The molecule has 2 aromatic rings. The Labute approximate surface area is 109 Å². The predicted molar refractivity (Wildman–Crippen MR) is 68.9 cm³/mol. The first-order valence-electron chi connectivity index (χ1n) is 5.61. The van der Waals surface area contributed by atoms with Gasteiger partial charge in [0.25, 0.3) is 11.8 Å². The standard InChI is InChI=1S/C12H13N5O2/c1-7-3-4-8(11(18)13-2)5-9(7)15-12(19)10-6-14-17-16-10/h3-6H,1-2H3,(H,13,18)(H,15,19)(H,14,16,17). The van der Waals surface area contributed by atoms with Crippen LogP contribution in [0.15, 0.2) is 24.4 Å². The van der Waals surface area contributed by atoms with Gasteiger partial charge in [-0.3, -0.25) is 9.59 Å². The van der Waals surface area contributed by atoms with Gasteiger partial charge in [0.2, 0.25) is 0 Å². The van der Waals surface area contributed by atoms with Crippen LogP contribution in [0.2, 0.25) is 0 Å². The molecule has 0 radical (unpaired) electrons. The number of H-pyrrole nitrogens is 1. The summed E-state index contributed by atoms with van der Waals surface area (Å²) in [6, 6.07) is 5.08. The van der Waals surface area contributed by atoms with E-state index in [-0.39, 0.29) is 17.5 Å². The number of hydrogen-bond acceptors (Lipinski definition) is 4. The number of aromatic nitrogens is 3. The van der Waals surface area contributed by atoms with E-state index in [1.54, 1.807) is 25.2 Å². The molecule has 1 heterocycles. The van der Waals surface area contributed by atoms with Crippen LogP contribution in [0.25, 0.3) is 0 Å². The van der Waals surface area contributed by atoms with Crippen LogP contribution >= 0.6 is 0 Å². The maximum atomic E-state index is 11.8. The van der Waals surface area contributed by atoms with E-state index >= 15 is 0 Å². The molecule has 1 aromatic heterocycles. The highest BCUT2D eigenvalue weighted by molar-refractivity contribution is 6.04. The van der Waals surface area contributed by atoms with Crippen molar-refractivity contribution in [2.75, 3.05) is 12.4 Å². The number of benzene rings is 1. The van der Waals surface area contributed by atoms with E-state index in [1.807, 2.05) is 6.92 Å². The molecule has 2 rings (SSSR count). The number of nitrogens with one attached hydrogen (secondary N) is 3. The van der Waals surface area contributed by atoms with Gasteiger partial charge in [-0.25, -0.2) is 0 Å². The number of carbonyl (C=O) groups is 2. The Morgan fingerprint density at radius 2 is 2.05 bits per heavy atom. The molecule has 19 heavy (non-hydrogen) atoms. The third-order valence-corrected chi connectivity index (χ3v) is 2.62. The summed E-state index contributed by atoms with van der Waals surface area (Å²) in [6.45, 7) is 1.84. The van der Waals surface area contributed by atoms with Crippen molar-refractivity contribution in [2.24, 2.45) is 0 Å². The number of carbonyl (C=O) groups excluding carboxylic acids is 2. The Morgan fingerprint density at radius 3 is 2.68 bits per heavy atom. The molecular formula is C12H13N5O2. The van der Waals surface area contributed by atoms with Crippen LogP contribution in [-0.2, 0) is 0 Å². The van der Waals surface area contributed by atoms with Gasteiger partial charge in [0, 0.05) is 18.3 Å². The minimum absolute atomic E-state index is 0.185. The Kier molecular flexibility index (Phi) is 3.56. The van der Waals surface area contributed by atoms with Crippen molar-refractivity contribution in [2.45, 2.75) is 6.92 Å². The monoisotopic (exact) mass is 259 g/mol. The highest BCUT2D eigenvalue weighted by Gasteiger charge is 2.12. The smallest absolute Gasteiger partial charge is 0.277 e. The van der Waals surface area contributed by atoms with Crippen molar-refractivity contribution in [3.05, 3.63) is 41.2 Å². The Morgan fingerprint density at radius 1 is 1.26 bits per heavy atom. The van der Waals surface area contributed by atoms with E-state index in [1.165, 1.54) is 6.20 Å². The topological polar surface area (TPSA) is 99.8 Å². The lowest BCUT2D eigenvalue weighted by Gasteiger charge is -2.09. The SMILES string of the molecule is CNC(=O)c1ccc(C)c(NC(=O)c2cn[nH]n2)c1. The number of hydrogen-bond donors (Lipinski definition) is 3. The molecule has 1 aromatic carbocycles. The normalized spacial score (nSPS) is 10.0. The number of anilines is 1. The lowest BCUT2D eigenvalue weighted by atomic mass is 10.1. The van der Waals surface area contributed by atoms with Gasteiger partial charge in [-0.2, -0.15) is 15.4 Å². The van der Waals surface area contributed by atoms with Crippen LogP contribution in [0.1, 0.15) is 26.4 Å². The van der Waals surface area contributed by atoms with E-state index in [2.05, 4.69) is 26.0 Å². The van der Waals surface area contributed by atoms with E-state index in [0.717, 1.165) is 5.56 Å². The van der Waals surface area contributed by atoms with E-state index in [9.17, 15) is 9.59 Å². The molecule has 0 aliphatic carbocycles. The van der Waals surface area contributed by atoms with Crippen molar-refractivity contribution in [3.63, 3.8) is 0 Å². The molecule has 0 spiro atoms. The second-order valence-electron chi connectivity index (χ2n) is 3.92. The van der Waals surface area contributed by atoms with Gasteiger partial charge in [0.1, 0.15) is 0 Å². The molecule has 0 bridgehead atoms. The van der Waals surface area contributed by atoms with Crippen LogP contribution in [0.4, 0.5) is 5.69 Å². The van der Waals surface area contributed by atoms with Gasteiger partial charge in [-0.1, -0.05) is 6.07 Å². The third kappa shape index (κ3) is 2.76. The molecule has 98 valence electrons. The fourth-order valence-corrected chi connectivity index (χ4v) is 1.54. The maximum Gasteiger partial charge on any atom is 0.277 e. The van der Waals surface area contributed by atoms with Gasteiger partial charge in [0.05, 0.1) is 6.20 Å². The fraction of sp³-hybridized carbons (Fsp3) is 0.167. The van der Waals surface area contributed by atoms with Crippen LogP contribution in [-0.4, -0.2) is 34.3 Å². The number of rotatable bonds is 3. The van der Waals surface area contributed by atoms with E-state index in [4.69, 9.17) is 0 Å². The summed E-state index contributed by atoms with van der Waals surface area (Å²) < 4.78 is 0. The Balaban J connectivity index is 2.24. The number of amides is 2. The number of aromatic amines is 1. The van der Waals surface area contributed by atoms with E-state index in [0.29, 0.717) is 11.3 Å². The zero-order valence-electron chi connectivity index (χ0n) is 10.5. The van der Waals surface area contributed by atoms with Crippen LogP contribution < -0.4 is 10.6 Å². The molecule has 0 fully saturated rings. The summed E-state index contributed by atoms with van der Waals surface area (Å²) in [5.74, 6) is -0.595. The van der Waals surface area contributed by atoms with Crippen molar-refractivity contribution < 1.29 is 9.59 Å². The fourth-order valence-electron chi connectivity index (χ4n) is 1.54. The summed E-state index contributed by atoms with van der Waals surface area (Å²) >= 11 is 0. The van der Waals surface area contributed by atoms with Crippen molar-refractivity contribution in [3.8, 4) is 0 Å². The van der Waals surface area contributed by atoms with Crippen molar-refractivity contribution in [1.29, 1.82) is 0 Å². The third-order valence-electron chi connectivity index (χ3n) is 2.62. The first kappa shape index (κ1) is 12.7. The molecule has 2 amide bonds. The lowest BCUT2D eigenvalue weighted by Crippen LogP contribution is -2.19. The molecule has 0 saturated heterocycles. The highest BCUT2D eigenvalue weighted by atomic mass is 16.2. The molecule has 3 N–H and O–H groups in total. The second-order valence-corrected chi connectivity index (χ2v) is 3.92. The quantitative estimate of drug-likeness (QED) is 0.756. The second kappa shape index (κ2) is 5.30. The molecule has 7 heteroatoms. The molecule has 0 unspecified atom stereocenters. The lowest BCUT2D eigenvalue weighted by molar-refractivity contribution is 0.0961. The summed E-state index contributed by atoms with van der Waals surface area (Å²) in [4.78, 5) is 23.4.